The van der Waals surface area contributed by atoms with Gasteiger partial charge in [-0.1, -0.05) is 13.8 Å². The molecule has 1 unspecified atom stereocenters. The van der Waals surface area contributed by atoms with E-state index in [0.717, 1.165) is 68.6 Å². The van der Waals surface area contributed by atoms with E-state index in [9.17, 15) is 0 Å². The Kier molecular flexibility index (Phi) is 6.01. The van der Waals surface area contributed by atoms with Crippen molar-refractivity contribution in [2.45, 2.75) is 32.9 Å². The first-order chi connectivity index (χ1) is 13.5. The minimum atomic E-state index is 0.256. The summed E-state index contributed by atoms with van der Waals surface area (Å²) >= 11 is 6.24. The molecule has 0 spiro atoms. The van der Waals surface area contributed by atoms with E-state index in [0.29, 0.717) is 25.2 Å². The summed E-state index contributed by atoms with van der Waals surface area (Å²) in [5.41, 5.74) is 1.60. The van der Waals surface area contributed by atoms with Crippen LogP contribution < -0.4 is 4.90 Å². The third-order valence-corrected chi connectivity index (χ3v) is 5.57. The SMILES string of the molecule is CC(C)CC1CN(Cc2nc3c(N4CCOCC4)nc(Cl)nc3n2C)CCO1. The molecule has 2 aromatic heterocycles. The van der Waals surface area contributed by atoms with Gasteiger partial charge in [-0.2, -0.15) is 9.97 Å². The highest BCUT2D eigenvalue weighted by atomic mass is 35.5. The van der Waals surface area contributed by atoms with E-state index >= 15 is 0 Å². The summed E-state index contributed by atoms with van der Waals surface area (Å²) in [6.07, 6.45) is 1.38. The quantitative estimate of drug-likeness (QED) is 0.701. The van der Waals surface area contributed by atoms with E-state index in [2.05, 4.69) is 33.6 Å². The molecule has 0 N–H and O–H groups in total. The maximum absolute atomic E-state index is 6.24. The first kappa shape index (κ1) is 19.8. The molecule has 0 amide bonds. The maximum Gasteiger partial charge on any atom is 0.226 e. The molecule has 4 rings (SSSR count). The highest BCUT2D eigenvalue weighted by molar-refractivity contribution is 6.28. The number of anilines is 1. The lowest BCUT2D eigenvalue weighted by Gasteiger charge is -2.33. The zero-order valence-corrected chi connectivity index (χ0v) is 17.7. The molecule has 0 radical (unpaired) electrons. The van der Waals surface area contributed by atoms with Gasteiger partial charge in [-0.25, -0.2) is 4.98 Å². The molecule has 1 atom stereocenters. The van der Waals surface area contributed by atoms with Crippen molar-refractivity contribution in [3.63, 3.8) is 0 Å². The van der Waals surface area contributed by atoms with Gasteiger partial charge in [0.15, 0.2) is 17.0 Å². The van der Waals surface area contributed by atoms with Crippen LogP contribution in [-0.4, -0.2) is 76.5 Å². The minimum absolute atomic E-state index is 0.256. The normalized spacial score (nSPS) is 21.8. The van der Waals surface area contributed by atoms with Crippen molar-refractivity contribution in [3.05, 3.63) is 11.1 Å². The Morgan fingerprint density at radius 3 is 2.64 bits per heavy atom. The molecule has 0 aromatic carbocycles. The fraction of sp³-hybridized carbons (Fsp3) is 0.737. The standard InChI is InChI=1S/C19H29ClN6O2/c1-13(2)10-14-11-25(4-9-28-14)12-15-21-16-17(24(15)3)22-19(20)23-18(16)26-5-7-27-8-6-26/h13-14H,4-12H2,1-3H3. The van der Waals surface area contributed by atoms with E-state index in [-0.39, 0.29) is 5.28 Å². The molecule has 154 valence electrons. The third kappa shape index (κ3) is 4.25. The summed E-state index contributed by atoms with van der Waals surface area (Å²) < 4.78 is 13.4. The first-order valence-corrected chi connectivity index (χ1v) is 10.4. The minimum Gasteiger partial charge on any atom is -0.378 e. The lowest BCUT2D eigenvalue weighted by Crippen LogP contribution is -2.42. The first-order valence-electron chi connectivity index (χ1n) is 10.1. The van der Waals surface area contributed by atoms with Crippen molar-refractivity contribution in [1.82, 2.24) is 24.4 Å². The van der Waals surface area contributed by atoms with Gasteiger partial charge < -0.3 is 18.9 Å². The van der Waals surface area contributed by atoms with E-state index in [4.69, 9.17) is 26.1 Å². The summed E-state index contributed by atoms with van der Waals surface area (Å²) in [6, 6.07) is 0. The number of ether oxygens (including phenoxy) is 2. The van der Waals surface area contributed by atoms with Crippen LogP contribution in [0.25, 0.3) is 11.2 Å². The van der Waals surface area contributed by atoms with Crippen molar-refractivity contribution in [3.8, 4) is 0 Å². The number of nitrogens with zero attached hydrogens (tertiary/aromatic N) is 6. The average molecular weight is 409 g/mol. The van der Waals surface area contributed by atoms with Gasteiger partial charge >= 0.3 is 0 Å². The largest absolute Gasteiger partial charge is 0.378 e. The highest BCUT2D eigenvalue weighted by Crippen LogP contribution is 2.27. The molecule has 28 heavy (non-hydrogen) atoms. The van der Waals surface area contributed by atoms with E-state index in [1.807, 2.05) is 11.6 Å². The van der Waals surface area contributed by atoms with Crippen LogP contribution in [0, 0.1) is 5.92 Å². The lowest BCUT2D eigenvalue weighted by atomic mass is 10.0. The number of hydrogen-bond donors (Lipinski definition) is 0. The third-order valence-electron chi connectivity index (χ3n) is 5.40. The number of morpholine rings is 2. The van der Waals surface area contributed by atoms with Gasteiger partial charge in [-0.05, 0) is 23.9 Å². The summed E-state index contributed by atoms with van der Waals surface area (Å²) in [5.74, 6) is 2.42. The molecule has 2 fully saturated rings. The van der Waals surface area contributed by atoms with Gasteiger partial charge in [0.1, 0.15) is 5.82 Å². The van der Waals surface area contributed by atoms with Crippen LogP contribution in [0.1, 0.15) is 26.1 Å². The van der Waals surface area contributed by atoms with Crippen LogP contribution in [0.15, 0.2) is 0 Å². The lowest BCUT2D eigenvalue weighted by molar-refractivity contribution is -0.0408. The van der Waals surface area contributed by atoms with E-state index in [1.165, 1.54) is 0 Å². The summed E-state index contributed by atoms with van der Waals surface area (Å²) in [6.45, 7) is 10.8. The molecule has 2 aromatic rings. The summed E-state index contributed by atoms with van der Waals surface area (Å²) in [5, 5.41) is 0.256. The van der Waals surface area contributed by atoms with Crippen LogP contribution in [0.4, 0.5) is 5.82 Å². The highest BCUT2D eigenvalue weighted by Gasteiger charge is 2.25. The topological polar surface area (TPSA) is 68.5 Å². The van der Waals surface area contributed by atoms with E-state index < -0.39 is 0 Å². The van der Waals surface area contributed by atoms with Gasteiger partial charge in [0.05, 0.1) is 32.5 Å². The Morgan fingerprint density at radius 2 is 1.89 bits per heavy atom. The zero-order chi connectivity index (χ0) is 19.7. The molecule has 4 heterocycles. The van der Waals surface area contributed by atoms with Gasteiger partial charge in [-0.3, -0.25) is 4.90 Å². The average Bonchev–Trinajstić information content (AvgIpc) is 2.97. The van der Waals surface area contributed by atoms with Crippen LogP contribution in [0.3, 0.4) is 0 Å². The molecule has 8 nitrogen and oxygen atoms in total. The maximum atomic E-state index is 6.24. The molecular formula is C19H29ClN6O2. The van der Waals surface area contributed by atoms with Crippen molar-refractivity contribution in [2.75, 3.05) is 50.9 Å². The molecule has 2 aliphatic rings. The number of aryl methyl sites for hydroxylation is 1. The number of imidazole rings is 1. The van der Waals surface area contributed by atoms with Crippen LogP contribution in [-0.2, 0) is 23.1 Å². The van der Waals surface area contributed by atoms with Gasteiger partial charge in [0, 0.05) is 33.2 Å². The molecule has 9 heteroatoms. The molecular weight excluding hydrogens is 380 g/mol. The zero-order valence-electron chi connectivity index (χ0n) is 16.9. The van der Waals surface area contributed by atoms with Crippen LogP contribution >= 0.6 is 11.6 Å². The smallest absolute Gasteiger partial charge is 0.226 e. The number of fused-ring (bicyclic) bond motifs is 1. The van der Waals surface area contributed by atoms with Crippen molar-refractivity contribution in [2.24, 2.45) is 13.0 Å². The van der Waals surface area contributed by atoms with Crippen LogP contribution in [0.5, 0.6) is 0 Å². The number of halogens is 1. The Balaban J connectivity index is 1.58. The molecule has 2 saturated heterocycles. The Labute approximate surface area is 170 Å². The van der Waals surface area contributed by atoms with Crippen molar-refractivity contribution >= 4 is 28.6 Å². The molecule has 0 bridgehead atoms. The van der Waals surface area contributed by atoms with Gasteiger partial charge in [0.2, 0.25) is 5.28 Å². The monoisotopic (exact) mass is 408 g/mol. The summed E-state index contributed by atoms with van der Waals surface area (Å²) in [7, 11) is 2.00. The molecule has 2 aliphatic heterocycles. The summed E-state index contributed by atoms with van der Waals surface area (Å²) in [4.78, 5) is 18.5. The predicted molar refractivity (Wildman–Crippen MR) is 109 cm³/mol. The molecule has 0 aliphatic carbocycles. The number of rotatable bonds is 5. The van der Waals surface area contributed by atoms with Crippen LogP contribution in [0.2, 0.25) is 5.28 Å². The van der Waals surface area contributed by atoms with Crippen molar-refractivity contribution in [1.29, 1.82) is 0 Å². The Hall–Kier alpha value is -1.48. The Bertz CT molecular complexity index is 820. The van der Waals surface area contributed by atoms with E-state index in [1.54, 1.807) is 0 Å². The predicted octanol–water partition coefficient (Wildman–Crippen LogP) is 2.10. The van der Waals surface area contributed by atoms with Crippen molar-refractivity contribution < 1.29 is 9.47 Å². The fourth-order valence-electron chi connectivity index (χ4n) is 4.00. The Morgan fingerprint density at radius 1 is 1.11 bits per heavy atom. The van der Waals surface area contributed by atoms with Gasteiger partial charge in [0.25, 0.3) is 0 Å². The molecule has 0 saturated carbocycles. The van der Waals surface area contributed by atoms with Gasteiger partial charge in [-0.15, -0.1) is 0 Å². The number of hydrogen-bond acceptors (Lipinski definition) is 7. The second kappa shape index (κ2) is 8.49. The second-order valence-electron chi connectivity index (χ2n) is 8.03. The fourth-order valence-corrected chi connectivity index (χ4v) is 4.16. The second-order valence-corrected chi connectivity index (χ2v) is 8.37. The number of aromatic nitrogens is 4.